The highest BCUT2D eigenvalue weighted by molar-refractivity contribution is 7.89. The van der Waals surface area contributed by atoms with Gasteiger partial charge < -0.3 is 19.9 Å². The smallest absolute Gasteiger partial charge is 0.410 e. The lowest BCUT2D eigenvalue weighted by Crippen LogP contribution is -2.55. The molecule has 0 radical (unpaired) electrons. The Morgan fingerprint density at radius 3 is 2.39 bits per heavy atom. The number of carbonyl (C=O) groups is 1. The van der Waals surface area contributed by atoms with Crippen LogP contribution in [0.25, 0.3) is 11.2 Å². The molecular weight excluding hydrogens is 582 g/mol. The Morgan fingerprint density at radius 2 is 1.82 bits per heavy atom. The molecule has 1 amide bonds. The number of amidine groups is 1. The number of anilines is 2. The summed E-state index contributed by atoms with van der Waals surface area (Å²) in [6.07, 6.45) is 11.7. The van der Waals surface area contributed by atoms with E-state index in [2.05, 4.69) is 42.9 Å². The van der Waals surface area contributed by atoms with E-state index in [1.165, 1.54) is 6.42 Å². The van der Waals surface area contributed by atoms with Crippen molar-refractivity contribution in [3.8, 4) is 12.3 Å². The highest BCUT2D eigenvalue weighted by atomic mass is 32.2. The van der Waals surface area contributed by atoms with Crippen molar-refractivity contribution in [1.82, 2.24) is 29.1 Å². The minimum Gasteiger partial charge on any atom is -0.465 e. The van der Waals surface area contributed by atoms with E-state index in [0.29, 0.717) is 66.9 Å². The van der Waals surface area contributed by atoms with Crippen LogP contribution in [0.3, 0.4) is 0 Å². The molecule has 5 rings (SSSR count). The summed E-state index contributed by atoms with van der Waals surface area (Å²) in [7, 11) is -3.40. The first-order valence-electron chi connectivity index (χ1n) is 15.7. The van der Waals surface area contributed by atoms with Crippen molar-refractivity contribution in [2.75, 3.05) is 29.9 Å². The van der Waals surface area contributed by atoms with Gasteiger partial charge in [0.15, 0.2) is 23.1 Å². The van der Waals surface area contributed by atoms with Crippen molar-refractivity contribution in [3.05, 3.63) is 5.82 Å². The first-order chi connectivity index (χ1) is 20.9. The number of terminal acetylenes is 1. The molecule has 2 aliphatic carbocycles. The molecule has 2 atom stereocenters. The number of piperazine rings is 1. The van der Waals surface area contributed by atoms with Crippen molar-refractivity contribution in [2.45, 2.75) is 96.5 Å². The fraction of sp³-hybridized carbons (Fsp3) is 0.700. The van der Waals surface area contributed by atoms with Crippen molar-refractivity contribution in [1.29, 1.82) is 5.41 Å². The lowest BCUT2D eigenvalue weighted by molar-refractivity contribution is 0.200. The van der Waals surface area contributed by atoms with Gasteiger partial charge in [0.05, 0.1) is 5.25 Å². The maximum absolute atomic E-state index is 13.0. The molecule has 0 bridgehead atoms. The van der Waals surface area contributed by atoms with Gasteiger partial charge in [0.25, 0.3) is 0 Å². The number of aromatic nitrogens is 4. The van der Waals surface area contributed by atoms with Crippen LogP contribution < -0.4 is 15.5 Å². The average molecular weight is 628 g/mol. The molecule has 240 valence electrons. The lowest BCUT2D eigenvalue weighted by Gasteiger charge is -2.40. The number of hydrogen-bond acceptors (Lipinski definition) is 9. The molecule has 3 aliphatic rings. The minimum atomic E-state index is -3.40. The third-order valence-corrected chi connectivity index (χ3v) is 11.8. The molecule has 14 heteroatoms. The molecule has 13 nitrogen and oxygen atoms in total. The van der Waals surface area contributed by atoms with Gasteiger partial charge in [-0.3, -0.25) is 10.7 Å². The average Bonchev–Trinajstić information content (AvgIpc) is 3.29. The number of fused-ring (bicyclic) bond motifs is 1. The Balaban J connectivity index is 1.58. The number of amides is 1. The number of hydrogen-bond donors (Lipinski definition) is 4. The minimum absolute atomic E-state index is 0.0603. The highest BCUT2D eigenvalue weighted by Crippen LogP contribution is 2.36. The zero-order valence-corrected chi connectivity index (χ0v) is 26.9. The Morgan fingerprint density at radius 1 is 1.11 bits per heavy atom. The number of imidazole rings is 1. The van der Waals surface area contributed by atoms with E-state index in [1.807, 2.05) is 6.92 Å². The van der Waals surface area contributed by atoms with Crippen LogP contribution in [0.15, 0.2) is 0 Å². The van der Waals surface area contributed by atoms with Gasteiger partial charge in [-0.2, -0.15) is 9.29 Å². The van der Waals surface area contributed by atoms with E-state index in [9.17, 15) is 18.3 Å². The second-order valence-electron chi connectivity index (χ2n) is 12.9. The maximum Gasteiger partial charge on any atom is 0.410 e. The Labute approximate surface area is 259 Å². The molecule has 0 spiro atoms. The van der Waals surface area contributed by atoms with E-state index in [4.69, 9.17) is 16.8 Å². The van der Waals surface area contributed by atoms with Crippen LogP contribution in [-0.4, -0.2) is 86.2 Å². The monoisotopic (exact) mass is 627 g/mol. The fourth-order valence-electron chi connectivity index (χ4n) is 6.59. The summed E-state index contributed by atoms with van der Waals surface area (Å²) in [5.41, 5.74) is 1.08. The predicted molar refractivity (Wildman–Crippen MR) is 170 cm³/mol. The van der Waals surface area contributed by atoms with E-state index in [1.54, 1.807) is 18.2 Å². The van der Waals surface area contributed by atoms with Crippen LogP contribution >= 0.6 is 0 Å². The van der Waals surface area contributed by atoms with Crippen LogP contribution in [0.2, 0.25) is 0 Å². The van der Waals surface area contributed by atoms with E-state index in [-0.39, 0.29) is 17.9 Å². The van der Waals surface area contributed by atoms with Crippen LogP contribution in [0.4, 0.5) is 16.6 Å². The van der Waals surface area contributed by atoms with Gasteiger partial charge in [0.1, 0.15) is 5.52 Å². The van der Waals surface area contributed by atoms with Gasteiger partial charge in [-0.05, 0) is 78.1 Å². The SMILES string of the molecule is C#CC1CCC(Cn2c(N3CCN(S(=O)(=O)C(C)C)C[C@H]3C)nc3nc(C(=N)NC(=O)O)nc(N[C@H](C)C4CCC4)c32)CC1. The summed E-state index contributed by atoms with van der Waals surface area (Å²) in [4.78, 5) is 27.8. The molecular formula is C30H45N9O4S. The Kier molecular flexibility index (Phi) is 9.36. The van der Waals surface area contributed by atoms with Crippen LogP contribution in [0.1, 0.15) is 78.5 Å². The second-order valence-corrected chi connectivity index (χ2v) is 15.4. The van der Waals surface area contributed by atoms with E-state index >= 15 is 0 Å². The van der Waals surface area contributed by atoms with Gasteiger partial charge in [-0.15, -0.1) is 12.3 Å². The number of nitrogens with one attached hydrogen (secondary N) is 3. The molecule has 44 heavy (non-hydrogen) atoms. The van der Waals surface area contributed by atoms with Crippen molar-refractivity contribution >= 4 is 44.9 Å². The van der Waals surface area contributed by atoms with Gasteiger partial charge in [-0.25, -0.2) is 23.2 Å². The first-order valence-corrected chi connectivity index (χ1v) is 17.2. The van der Waals surface area contributed by atoms with Crippen molar-refractivity contribution < 1.29 is 18.3 Å². The number of carboxylic acid groups (broad SMARTS) is 1. The highest BCUT2D eigenvalue weighted by Gasteiger charge is 2.36. The maximum atomic E-state index is 13.0. The molecule has 0 unspecified atom stereocenters. The first kappa shape index (κ1) is 32.0. The summed E-state index contributed by atoms with van der Waals surface area (Å²) in [5, 5.41) is 22.7. The van der Waals surface area contributed by atoms with E-state index in [0.717, 1.165) is 38.5 Å². The molecule has 3 fully saturated rings. The van der Waals surface area contributed by atoms with Crippen molar-refractivity contribution in [3.63, 3.8) is 0 Å². The molecule has 0 aromatic carbocycles. The third-order valence-electron chi connectivity index (χ3n) is 9.59. The summed E-state index contributed by atoms with van der Waals surface area (Å²) in [6, 6.07) is -0.0485. The number of sulfonamides is 1. The molecule has 2 aromatic rings. The number of rotatable bonds is 9. The summed E-state index contributed by atoms with van der Waals surface area (Å²) in [6.45, 7) is 9.33. The van der Waals surface area contributed by atoms with Gasteiger partial charge in [0, 0.05) is 44.2 Å². The molecule has 1 aliphatic heterocycles. The summed E-state index contributed by atoms with van der Waals surface area (Å²) < 4.78 is 29.7. The molecule has 3 heterocycles. The zero-order chi connectivity index (χ0) is 31.8. The van der Waals surface area contributed by atoms with Gasteiger partial charge in [-0.1, -0.05) is 6.42 Å². The fourth-order valence-corrected chi connectivity index (χ4v) is 7.94. The van der Waals surface area contributed by atoms with Gasteiger partial charge >= 0.3 is 6.09 Å². The lowest BCUT2D eigenvalue weighted by atomic mass is 9.80. The van der Waals surface area contributed by atoms with Crippen LogP contribution in [0.5, 0.6) is 0 Å². The predicted octanol–water partition coefficient (Wildman–Crippen LogP) is 3.71. The summed E-state index contributed by atoms with van der Waals surface area (Å²) >= 11 is 0. The molecule has 2 saturated carbocycles. The molecule has 4 N–H and O–H groups in total. The van der Waals surface area contributed by atoms with Crippen LogP contribution in [-0.2, 0) is 16.6 Å². The Hall–Kier alpha value is -3.44. The normalized spacial score (nSPS) is 24.1. The molecule has 1 saturated heterocycles. The largest absolute Gasteiger partial charge is 0.465 e. The van der Waals surface area contributed by atoms with Crippen molar-refractivity contribution in [2.24, 2.45) is 17.8 Å². The molecule has 2 aromatic heterocycles. The summed E-state index contributed by atoms with van der Waals surface area (Å²) in [5.74, 6) is 4.76. The standard InChI is InChI=1S/C30H45N9O4S/c1-6-21-10-12-22(13-11-21)17-39-24-26(32-20(5)23-8-7-9-23)34-28(25(31)33-30(40)41)35-27(24)36-29(39)38-15-14-37(16-19(38)4)44(42,43)18(2)3/h1,18-23H,7-17H2,2-5H3,(H2,31,33)(H,40,41)(H,32,34,35)/t19-,20-,21?,22?/m1/s1. The zero-order valence-electron chi connectivity index (χ0n) is 26.1. The second kappa shape index (κ2) is 12.9. The topological polar surface area (TPSA) is 169 Å². The van der Waals surface area contributed by atoms with E-state index < -0.39 is 27.2 Å². The number of nitrogens with zero attached hydrogens (tertiary/aromatic N) is 6. The Bertz CT molecular complexity index is 1540. The van der Waals surface area contributed by atoms with Gasteiger partial charge in [0.2, 0.25) is 16.0 Å². The third kappa shape index (κ3) is 6.49. The quantitative estimate of drug-likeness (QED) is 0.184. The van der Waals surface area contributed by atoms with Crippen LogP contribution in [0, 0.1) is 35.5 Å².